The molecule has 1 heterocycles. The van der Waals surface area contributed by atoms with E-state index in [9.17, 15) is 19.1 Å². The molecule has 0 atom stereocenters. The molecule has 6 heteroatoms. The van der Waals surface area contributed by atoms with Crippen molar-refractivity contribution in [3.8, 4) is 11.1 Å². The summed E-state index contributed by atoms with van der Waals surface area (Å²) < 4.78 is 14.4. The number of primary amides is 1. The molecule has 0 aliphatic rings. The van der Waals surface area contributed by atoms with Gasteiger partial charge in [-0.3, -0.25) is 9.59 Å². The van der Waals surface area contributed by atoms with Crippen LogP contribution in [0.15, 0.2) is 35.3 Å². The lowest BCUT2D eigenvalue weighted by Crippen LogP contribution is -2.26. The lowest BCUT2D eigenvalue weighted by Gasteiger charge is -2.13. The Kier molecular flexibility index (Phi) is 3.67. The van der Waals surface area contributed by atoms with Crippen LogP contribution in [0.25, 0.3) is 11.1 Å². The highest BCUT2D eigenvalue weighted by Crippen LogP contribution is 2.21. The fourth-order valence-corrected chi connectivity index (χ4v) is 2.05. The molecule has 0 bridgehead atoms. The number of halogens is 1. The summed E-state index contributed by atoms with van der Waals surface area (Å²) >= 11 is 0. The van der Waals surface area contributed by atoms with Crippen molar-refractivity contribution in [1.29, 1.82) is 0 Å². The third-order valence-electron chi connectivity index (χ3n) is 3.06. The number of rotatable bonds is 3. The van der Waals surface area contributed by atoms with Crippen molar-refractivity contribution < 1.29 is 14.3 Å². The van der Waals surface area contributed by atoms with Crippen molar-refractivity contribution in [2.75, 3.05) is 0 Å². The number of aliphatic hydroxyl groups excluding tert-OH is 1. The van der Waals surface area contributed by atoms with Gasteiger partial charge in [-0.1, -0.05) is 12.1 Å². The maximum atomic E-state index is 13.0. The Balaban J connectivity index is 2.82. The Hall–Kier alpha value is -2.47. The Labute approximate surface area is 114 Å². The van der Waals surface area contributed by atoms with Gasteiger partial charge in [0.1, 0.15) is 11.4 Å². The molecule has 2 aromatic rings. The number of hydrogen-bond donors (Lipinski definition) is 2. The summed E-state index contributed by atoms with van der Waals surface area (Å²) in [6, 6.07) is 5.23. The minimum Gasteiger partial charge on any atom is -0.390 e. The van der Waals surface area contributed by atoms with E-state index in [1.807, 2.05) is 0 Å². The maximum absolute atomic E-state index is 13.0. The van der Waals surface area contributed by atoms with Gasteiger partial charge in [0.15, 0.2) is 0 Å². The smallest absolute Gasteiger partial charge is 0.254 e. The minimum absolute atomic E-state index is 0.145. The van der Waals surface area contributed by atoms with Gasteiger partial charge in [0, 0.05) is 13.2 Å². The molecule has 1 aromatic heterocycles. The first-order chi connectivity index (χ1) is 9.45. The molecule has 104 valence electrons. The predicted molar refractivity (Wildman–Crippen MR) is 71.5 cm³/mol. The summed E-state index contributed by atoms with van der Waals surface area (Å²) in [7, 11) is 1.59. The standard InChI is InChI=1S/C14H13FN2O3/c1-17-6-10(14(16)20)13(19)12(11(17)7-18)8-2-4-9(15)5-3-8/h2-6,18H,7H2,1H3,(H2,16,20). The van der Waals surface area contributed by atoms with Crippen molar-refractivity contribution in [3.63, 3.8) is 0 Å². The molecule has 0 aliphatic carbocycles. The number of aryl methyl sites for hydroxylation is 1. The molecular formula is C14H13FN2O3. The SMILES string of the molecule is Cn1cc(C(N)=O)c(=O)c(-c2ccc(F)cc2)c1CO. The second-order valence-electron chi connectivity index (χ2n) is 4.33. The van der Waals surface area contributed by atoms with E-state index in [0.717, 1.165) is 0 Å². The zero-order valence-electron chi connectivity index (χ0n) is 10.8. The van der Waals surface area contributed by atoms with Crippen LogP contribution in [-0.4, -0.2) is 15.6 Å². The van der Waals surface area contributed by atoms with Crippen molar-refractivity contribution in [2.45, 2.75) is 6.61 Å². The number of hydrogen-bond acceptors (Lipinski definition) is 3. The minimum atomic E-state index is -0.849. The highest BCUT2D eigenvalue weighted by atomic mass is 19.1. The summed E-state index contributed by atoms with van der Waals surface area (Å²) in [6.45, 7) is -0.391. The number of carbonyl (C=O) groups excluding carboxylic acids is 1. The first-order valence-corrected chi connectivity index (χ1v) is 5.84. The van der Waals surface area contributed by atoms with E-state index >= 15 is 0 Å². The normalized spacial score (nSPS) is 10.6. The van der Waals surface area contributed by atoms with Crippen LogP contribution in [0.2, 0.25) is 0 Å². The monoisotopic (exact) mass is 276 g/mol. The number of nitrogens with zero attached hydrogens (tertiary/aromatic N) is 1. The Morgan fingerprint density at radius 2 is 1.95 bits per heavy atom. The fraction of sp³-hybridized carbons (Fsp3) is 0.143. The molecule has 2 rings (SSSR count). The highest BCUT2D eigenvalue weighted by molar-refractivity contribution is 5.93. The van der Waals surface area contributed by atoms with Crippen LogP contribution < -0.4 is 11.2 Å². The van der Waals surface area contributed by atoms with Gasteiger partial charge in [0.05, 0.1) is 17.9 Å². The zero-order valence-corrected chi connectivity index (χ0v) is 10.8. The second-order valence-corrected chi connectivity index (χ2v) is 4.33. The van der Waals surface area contributed by atoms with Gasteiger partial charge in [0.25, 0.3) is 5.91 Å². The molecule has 5 nitrogen and oxygen atoms in total. The topological polar surface area (TPSA) is 85.3 Å². The van der Waals surface area contributed by atoms with Crippen LogP contribution in [0.1, 0.15) is 16.1 Å². The summed E-state index contributed by atoms with van der Waals surface area (Å²) in [6.07, 6.45) is 1.28. The number of amides is 1. The van der Waals surface area contributed by atoms with E-state index in [1.165, 1.54) is 35.0 Å². The summed E-state index contributed by atoms with van der Waals surface area (Å²) in [5.41, 5.74) is 5.30. The molecule has 0 spiro atoms. The lowest BCUT2D eigenvalue weighted by atomic mass is 10.0. The average molecular weight is 276 g/mol. The van der Waals surface area contributed by atoms with Crippen molar-refractivity contribution in [3.05, 3.63) is 57.8 Å². The van der Waals surface area contributed by atoms with Crippen molar-refractivity contribution >= 4 is 5.91 Å². The summed E-state index contributed by atoms with van der Waals surface area (Å²) in [4.78, 5) is 23.6. The Morgan fingerprint density at radius 1 is 1.35 bits per heavy atom. The maximum Gasteiger partial charge on any atom is 0.254 e. The van der Waals surface area contributed by atoms with Crippen LogP contribution in [-0.2, 0) is 13.7 Å². The molecule has 0 saturated carbocycles. The van der Waals surface area contributed by atoms with Gasteiger partial charge in [-0.2, -0.15) is 0 Å². The first kappa shape index (κ1) is 14.0. The van der Waals surface area contributed by atoms with Crippen LogP contribution in [0.4, 0.5) is 4.39 Å². The van der Waals surface area contributed by atoms with E-state index in [2.05, 4.69) is 0 Å². The van der Waals surface area contributed by atoms with Crippen LogP contribution in [0.5, 0.6) is 0 Å². The van der Waals surface area contributed by atoms with Gasteiger partial charge < -0.3 is 15.4 Å². The van der Waals surface area contributed by atoms with Gasteiger partial charge in [-0.25, -0.2) is 4.39 Å². The highest BCUT2D eigenvalue weighted by Gasteiger charge is 2.18. The number of benzene rings is 1. The van der Waals surface area contributed by atoms with Gasteiger partial charge >= 0.3 is 0 Å². The predicted octanol–water partition coefficient (Wildman–Crippen LogP) is 0.783. The zero-order chi connectivity index (χ0) is 14.9. The molecule has 0 radical (unpaired) electrons. The Bertz CT molecular complexity index is 720. The van der Waals surface area contributed by atoms with Crippen LogP contribution in [0, 0.1) is 5.82 Å². The van der Waals surface area contributed by atoms with E-state index in [4.69, 9.17) is 5.73 Å². The first-order valence-electron chi connectivity index (χ1n) is 5.84. The number of aliphatic hydroxyl groups is 1. The lowest BCUT2D eigenvalue weighted by molar-refractivity contribution is 0.0998. The van der Waals surface area contributed by atoms with Gasteiger partial charge in [0.2, 0.25) is 5.43 Å². The quantitative estimate of drug-likeness (QED) is 0.868. The van der Waals surface area contributed by atoms with Gasteiger partial charge in [-0.15, -0.1) is 0 Å². The van der Waals surface area contributed by atoms with E-state index in [1.54, 1.807) is 7.05 Å². The molecule has 1 aromatic carbocycles. The van der Waals surface area contributed by atoms with Crippen molar-refractivity contribution in [2.24, 2.45) is 12.8 Å². The molecule has 0 aliphatic heterocycles. The largest absolute Gasteiger partial charge is 0.390 e. The van der Waals surface area contributed by atoms with E-state index in [-0.39, 0.29) is 11.1 Å². The fourth-order valence-electron chi connectivity index (χ4n) is 2.05. The van der Waals surface area contributed by atoms with Crippen LogP contribution >= 0.6 is 0 Å². The molecule has 0 unspecified atom stereocenters. The number of nitrogens with two attached hydrogens (primary N) is 1. The number of aromatic nitrogens is 1. The van der Waals surface area contributed by atoms with Gasteiger partial charge in [-0.05, 0) is 17.7 Å². The summed E-state index contributed by atoms with van der Waals surface area (Å²) in [5, 5.41) is 9.42. The molecule has 1 amide bonds. The van der Waals surface area contributed by atoms with E-state index < -0.39 is 23.8 Å². The molecule has 3 N–H and O–H groups in total. The van der Waals surface area contributed by atoms with Crippen molar-refractivity contribution in [1.82, 2.24) is 4.57 Å². The molecule has 0 saturated heterocycles. The van der Waals surface area contributed by atoms with E-state index in [0.29, 0.717) is 11.3 Å². The van der Waals surface area contributed by atoms with Crippen LogP contribution in [0.3, 0.4) is 0 Å². The second kappa shape index (κ2) is 5.26. The molecule has 20 heavy (non-hydrogen) atoms. The third kappa shape index (κ3) is 2.33. The average Bonchev–Trinajstić information content (AvgIpc) is 2.41. The molecule has 0 fully saturated rings. The Morgan fingerprint density at radius 3 is 2.45 bits per heavy atom. The third-order valence-corrected chi connectivity index (χ3v) is 3.06. The molecular weight excluding hydrogens is 263 g/mol. The summed E-state index contributed by atoms with van der Waals surface area (Å²) in [5.74, 6) is -1.29. The number of carbonyl (C=O) groups is 1. The number of pyridine rings is 1.